The Morgan fingerprint density at radius 1 is 1.31 bits per heavy atom. The number of Topliss-reactive ketones (excluding diaryl/α,β-unsaturated/α-hetero) is 1. The molecule has 0 heterocycles. The molecule has 1 rings (SSSR count). The van der Waals surface area contributed by atoms with Crippen LogP contribution in [0.4, 0.5) is 0 Å². The first-order valence-corrected chi connectivity index (χ1v) is 6.63. The summed E-state index contributed by atoms with van der Waals surface area (Å²) >= 11 is 1.71. The average Bonchev–Trinajstić information content (AvgIpc) is 2.30. The predicted octanol–water partition coefficient (Wildman–Crippen LogP) is 3.14. The Morgan fingerprint density at radius 2 is 2.00 bits per heavy atom. The molecule has 0 amide bonds. The standard InChI is InChI=1S/C13H18O2S/c1-2-4-13(15)11-5-7-12(8-6-11)16-10-3-9-14/h5-8,14H,2-4,9-10H2,1H3. The van der Waals surface area contributed by atoms with Crippen LogP contribution in [0.25, 0.3) is 0 Å². The molecule has 3 heteroatoms. The predicted molar refractivity (Wildman–Crippen MR) is 68.1 cm³/mol. The van der Waals surface area contributed by atoms with E-state index in [0.29, 0.717) is 6.42 Å². The van der Waals surface area contributed by atoms with E-state index in [4.69, 9.17) is 5.11 Å². The van der Waals surface area contributed by atoms with E-state index >= 15 is 0 Å². The Hall–Kier alpha value is -0.800. The topological polar surface area (TPSA) is 37.3 Å². The number of aliphatic hydroxyl groups excluding tert-OH is 1. The maximum atomic E-state index is 11.6. The SMILES string of the molecule is CCCC(=O)c1ccc(SCCCO)cc1. The van der Waals surface area contributed by atoms with Crippen molar-refractivity contribution in [2.75, 3.05) is 12.4 Å². The van der Waals surface area contributed by atoms with Gasteiger partial charge in [0.05, 0.1) is 0 Å². The van der Waals surface area contributed by atoms with Crippen molar-refractivity contribution in [2.24, 2.45) is 0 Å². The molecule has 0 bridgehead atoms. The quantitative estimate of drug-likeness (QED) is 0.450. The molecular weight excluding hydrogens is 220 g/mol. The molecule has 1 N–H and O–H groups in total. The van der Waals surface area contributed by atoms with E-state index in [9.17, 15) is 4.79 Å². The van der Waals surface area contributed by atoms with Crippen LogP contribution >= 0.6 is 11.8 Å². The van der Waals surface area contributed by atoms with Gasteiger partial charge in [-0.05, 0) is 25.0 Å². The summed E-state index contributed by atoms with van der Waals surface area (Å²) in [6.07, 6.45) is 2.32. The Balaban J connectivity index is 2.50. The summed E-state index contributed by atoms with van der Waals surface area (Å²) in [6, 6.07) is 7.73. The minimum atomic E-state index is 0.217. The molecule has 2 nitrogen and oxygen atoms in total. The van der Waals surface area contributed by atoms with E-state index in [1.807, 2.05) is 31.2 Å². The minimum Gasteiger partial charge on any atom is -0.396 e. The summed E-state index contributed by atoms with van der Waals surface area (Å²) in [7, 11) is 0. The van der Waals surface area contributed by atoms with Gasteiger partial charge in [-0.2, -0.15) is 0 Å². The average molecular weight is 238 g/mol. The van der Waals surface area contributed by atoms with Gasteiger partial charge in [0.15, 0.2) is 5.78 Å². The molecular formula is C13H18O2S. The highest BCUT2D eigenvalue weighted by Gasteiger charge is 2.03. The van der Waals surface area contributed by atoms with E-state index in [1.54, 1.807) is 11.8 Å². The van der Waals surface area contributed by atoms with Crippen LogP contribution in [-0.2, 0) is 0 Å². The number of carbonyl (C=O) groups excluding carboxylic acids is 1. The second kappa shape index (κ2) is 7.47. The van der Waals surface area contributed by atoms with Crippen molar-refractivity contribution in [1.29, 1.82) is 0 Å². The van der Waals surface area contributed by atoms with Crippen molar-refractivity contribution in [3.05, 3.63) is 29.8 Å². The normalized spacial score (nSPS) is 10.4. The number of hydrogen-bond donors (Lipinski definition) is 1. The number of carbonyl (C=O) groups is 1. The van der Waals surface area contributed by atoms with Gasteiger partial charge in [0, 0.05) is 29.2 Å². The summed E-state index contributed by atoms with van der Waals surface area (Å²) < 4.78 is 0. The number of rotatable bonds is 7. The molecule has 0 spiro atoms. The van der Waals surface area contributed by atoms with E-state index in [-0.39, 0.29) is 12.4 Å². The van der Waals surface area contributed by atoms with E-state index in [0.717, 1.165) is 29.1 Å². The Kier molecular flexibility index (Phi) is 6.19. The van der Waals surface area contributed by atoms with Crippen molar-refractivity contribution >= 4 is 17.5 Å². The molecule has 16 heavy (non-hydrogen) atoms. The lowest BCUT2D eigenvalue weighted by Gasteiger charge is -2.02. The monoisotopic (exact) mass is 238 g/mol. The minimum absolute atomic E-state index is 0.217. The fraction of sp³-hybridized carbons (Fsp3) is 0.462. The summed E-state index contributed by atoms with van der Waals surface area (Å²) in [4.78, 5) is 12.7. The summed E-state index contributed by atoms with van der Waals surface area (Å²) in [5, 5.41) is 8.66. The summed E-state index contributed by atoms with van der Waals surface area (Å²) in [6.45, 7) is 2.25. The van der Waals surface area contributed by atoms with Crippen LogP contribution in [0.3, 0.4) is 0 Å². The van der Waals surface area contributed by atoms with Crippen molar-refractivity contribution in [1.82, 2.24) is 0 Å². The Labute approximate surface area is 101 Å². The number of ketones is 1. The molecule has 0 aromatic heterocycles. The highest BCUT2D eigenvalue weighted by molar-refractivity contribution is 7.99. The second-order valence-corrected chi connectivity index (χ2v) is 4.79. The molecule has 0 fully saturated rings. The number of hydrogen-bond acceptors (Lipinski definition) is 3. The molecule has 1 aromatic carbocycles. The van der Waals surface area contributed by atoms with Crippen LogP contribution in [0.5, 0.6) is 0 Å². The first kappa shape index (κ1) is 13.3. The smallest absolute Gasteiger partial charge is 0.162 e. The molecule has 0 radical (unpaired) electrons. The van der Waals surface area contributed by atoms with Gasteiger partial charge in [0.25, 0.3) is 0 Å². The third-order valence-corrected chi connectivity index (χ3v) is 3.32. The van der Waals surface area contributed by atoms with Crippen LogP contribution in [0.1, 0.15) is 36.5 Å². The maximum Gasteiger partial charge on any atom is 0.162 e. The van der Waals surface area contributed by atoms with E-state index < -0.39 is 0 Å². The van der Waals surface area contributed by atoms with Crippen LogP contribution in [0.2, 0.25) is 0 Å². The number of thioether (sulfide) groups is 1. The third kappa shape index (κ3) is 4.37. The van der Waals surface area contributed by atoms with Crippen molar-refractivity contribution in [3.63, 3.8) is 0 Å². The molecule has 0 atom stereocenters. The first-order chi connectivity index (χ1) is 7.77. The van der Waals surface area contributed by atoms with Crippen molar-refractivity contribution < 1.29 is 9.90 Å². The number of aliphatic hydroxyl groups is 1. The lowest BCUT2D eigenvalue weighted by atomic mass is 10.1. The summed E-state index contributed by atoms with van der Waals surface area (Å²) in [5.74, 6) is 1.13. The molecule has 0 unspecified atom stereocenters. The summed E-state index contributed by atoms with van der Waals surface area (Å²) in [5.41, 5.74) is 0.799. The molecule has 0 saturated heterocycles. The van der Waals surface area contributed by atoms with Crippen LogP contribution in [0, 0.1) is 0 Å². The zero-order valence-corrected chi connectivity index (χ0v) is 10.4. The van der Waals surface area contributed by atoms with E-state index in [1.165, 1.54) is 0 Å². The van der Waals surface area contributed by atoms with Crippen molar-refractivity contribution in [3.8, 4) is 0 Å². The lowest BCUT2D eigenvalue weighted by molar-refractivity contribution is 0.0981. The van der Waals surface area contributed by atoms with Gasteiger partial charge >= 0.3 is 0 Å². The largest absolute Gasteiger partial charge is 0.396 e. The molecule has 1 aromatic rings. The third-order valence-electron chi connectivity index (χ3n) is 2.22. The second-order valence-electron chi connectivity index (χ2n) is 3.62. The van der Waals surface area contributed by atoms with E-state index in [2.05, 4.69) is 0 Å². The zero-order valence-electron chi connectivity index (χ0n) is 9.61. The highest BCUT2D eigenvalue weighted by atomic mass is 32.2. The Morgan fingerprint density at radius 3 is 2.56 bits per heavy atom. The van der Waals surface area contributed by atoms with Gasteiger partial charge in [0.2, 0.25) is 0 Å². The highest BCUT2D eigenvalue weighted by Crippen LogP contribution is 2.19. The van der Waals surface area contributed by atoms with Crippen LogP contribution < -0.4 is 0 Å². The molecule has 88 valence electrons. The molecule has 0 saturated carbocycles. The Bertz CT molecular complexity index is 319. The number of benzene rings is 1. The molecule has 0 aliphatic rings. The van der Waals surface area contributed by atoms with Crippen LogP contribution in [0.15, 0.2) is 29.2 Å². The van der Waals surface area contributed by atoms with Gasteiger partial charge < -0.3 is 5.11 Å². The maximum absolute atomic E-state index is 11.6. The fourth-order valence-corrected chi connectivity index (χ4v) is 2.20. The van der Waals surface area contributed by atoms with Gasteiger partial charge in [-0.1, -0.05) is 19.1 Å². The first-order valence-electron chi connectivity index (χ1n) is 5.65. The zero-order chi connectivity index (χ0) is 11.8. The van der Waals surface area contributed by atoms with Crippen molar-refractivity contribution in [2.45, 2.75) is 31.1 Å². The van der Waals surface area contributed by atoms with Gasteiger partial charge in [-0.3, -0.25) is 4.79 Å². The fourth-order valence-electron chi connectivity index (χ4n) is 1.36. The van der Waals surface area contributed by atoms with Crippen LogP contribution in [-0.4, -0.2) is 23.2 Å². The molecule has 0 aliphatic carbocycles. The van der Waals surface area contributed by atoms with Gasteiger partial charge in [0.1, 0.15) is 0 Å². The lowest BCUT2D eigenvalue weighted by Crippen LogP contribution is -1.97. The molecule has 0 aliphatic heterocycles. The van der Waals surface area contributed by atoms with Gasteiger partial charge in [-0.25, -0.2) is 0 Å². The van der Waals surface area contributed by atoms with Gasteiger partial charge in [-0.15, -0.1) is 11.8 Å².